The largest absolute Gasteiger partial charge is 0.497 e. The summed E-state index contributed by atoms with van der Waals surface area (Å²) in [7, 11) is -1.58. The van der Waals surface area contributed by atoms with Crippen molar-refractivity contribution in [3.8, 4) is 11.4 Å². The van der Waals surface area contributed by atoms with E-state index in [9.17, 15) is 13.2 Å². The molecule has 3 rings (SSSR count). The maximum atomic E-state index is 12.5. The van der Waals surface area contributed by atoms with Gasteiger partial charge in [0.25, 0.3) is 0 Å². The number of methoxy groups -OCH3 is 1. The molecule has 0 bridgehead atoms. The Hall–Kier alpha value is -2.14. The lowest BCUT2D eigenvalue weighted by atomic mass is 10.3. The number of nitrogens with zero attached hydrogens (tertiary/aromatic N) is 2. The molecule has 2 heterocycles. The summed E-state index contributed by atoms with van der Waals surface area (Å²) in [5.41, 5.74) is 0.940. The molecule has 0 spiro atoms. The summed E-state index contributed by atoms with van der Waals surface area (Å²) in [5.74, 6) is 1.07. The van der Waals surface area contributed by atoms with Crippen LogP contribution in [-0.4, -0.2) is 49.4 Å². The Kier molecular flexibility index (Phi) is 7.12. The standard InChI is InChI=1S/C19H21N3O4S3/c1-26-15-5-3-14(4-6-15)22-12-11-20-19(22)27-13-17(23)18-8-7-16(28-18)9-10-21-29(2,24)25/h3-8,11-12,21H,9-10,13H2,1-2H3. The average molecular weight is 452 g/mol. The third-order valence-corrected chi connectivity index (χ3v) is 6.84. The number of carbonyl (C=O) groups excluding carboxylic acids is 1. The first kappa shape index (κ1) is 21.6. The van der Waals surface area contributed by atoms with E-state index in [0.29, 0.717) is 17.8 Å². The first-order valence-electron chi connectivity index (χ1n) is 8.73. The highest BCUT2D eigenvalue weighted by Gasteiger charge is 2.13. The number of hydrogen-bond donors (Lipinski definition) is 1. The number of aromatic nitrogens is 2. The lowest BCUT2D eigenvalue weighted by Crippen LogP contribution is -2.23. The van der Waals surface area contributed by atoms with Crippen molar-refractivity contribution in [1.82, 2.24) is 14.3 Å². The number of rotatable bonds is 10. The zero-order valence-electron chi connectivity index (χ0n) is 16.0. The average Bonchev–Trinajstić information content (AvgIpc) is 3.35. The normalized spacial score (nSPS) is 11.5. The second kappa shape index (κ2) is 9.57. The summed E-state index contributed by atoms with van der Waals surface area (Å²) >= 11 is 2.77. The number of benzene rings is 1. The summed E-state index contributed by atoms with van der Waals surface area (Å²) in [6.45, 7) is 0.320. The van der Waals surface area contributed by atoms with Gasteiger partial charge in [-0.15, -0.1) is 11.3 Å². The molecule has 0 aliphatic rings. The summed E-state index contributed by atoms with van der Waals surface area (Å²) in [4.78, 5) is 18.5. The second-order valence-electron chi connectivity index (χ2n) is 6.17. The molecular formula is C19H21N3O4S3. The lowest BCUT2D eigenvalue weighted by molar-refractivity contribution is 0.102. The van der Waals surface area contributed by atoms with Crippen LogP contribution in [0.5, 0.6) is 5.75 Å². The van der Waals surface area contributed by atoms with Crippen molar-refractivity contribution in [2.24, 2.45) is 0 Å². The van der Waals surface area contributed by atoms with E-state index in [1.54, 1.807) is 19.4 Å². The van der Waals surface area contributed by atoms with Crippen molar-refractivity contribution < 1.29 is 17.9 Å². The molecule has 1 aromatic carbocycles. The van der Waals surface area contributed by atoms with Gasteiger partial charge in [0.2, 0.25) is 10.0 Å². The van der Waals surface area contributed by atoms with Crippen molar-refractivity contribution in [3.05, 3.63) is 58.5 Å². The molecule has 29 heavy (non-hydrogen) atoms. The van der Waals surface area contributed by atoms with Crippen LogP contribution in [0, 0.1) is 0 Å². The SMILES string of the molecule is COc1ccc(-n2ccnc2SCC(=O)c2ccc(CCNS(C)(=O)=O)s2)cc1. The van der Waals surface area contributed by atoms with E-state index in [4.69, 9.17) is 4.74 Å². The molecule has 10 heteroatoms. The van der Waals surface area contributed by atoms with E-state index in [0.717, 1.165) is 27.7 Å². The summed E-state index contributed by atoms with van der Waals surface area (Å²) in [6, 6.07) is 11.3. The van der Waals surface area contributed by atoms with Crippen LogP contribution in [0.25, 0.3) is 5.69 Å². The summed E-state index contributed by atoms with van der Waals surface area (Å²) in [6.07, 6.45) is 5.24. The van der Waals surface area contributed by atoms with Crippen LogP contribution in [0.4, 0.5) is 0 Å². The maximum Gasteiger partial charge on any atom is 0.208 e. The molecule has 2 aromatic heterocycles. The number of thioether (sulfide) groups is 1. The fraction of sp³-hybridized carbons (Fsp3) is 0.263. The van der Waals surface area contributed by atoms with E-state index in [2.05, 4.69) is 9.71 Å². The van der Waals surface area contributed by atoms with Crippen LogP contribution >= 0.6 is 23.1 Å². The maximum absolute atomic E-state index is 12.5. The summed E-state index contributed by atoms with van der Waals surface area (Å²) in [5, 5.41) is 0.734. The molecule has 7 nitrogen and oxygen atoms in total. The van der Waals surface area contributed by atoms with Crippen LogP contribution < -0.4 is 9.46 Å². The molecule has 0 amide bonds. The lowest BCUT2D eigenvalue weighted by Gasteiger charge is -2.08. The first-order valence-corrected chi connectivity index (χ1v) is 12.4. The van der Waals surface area contributed by atoms with Gasteiger partial charge >= 0.3 is 0 Å². The van der Waals surface area contributed by atoms with Gasteiger partial charge in [0.15, 0.2) is 10.9 Å². The zero-order chi connectivity index (χ0) is 20.9. The van der Waals surface area contributed by atoms with Crippen molar-refractivity contribution in [1.29, 1.82) is 0 Å². The molecule has 0 saturated carbocycles. The molecular weight excluding hydrogens is 430 g/mol. The van der Waals surface area contributed by atoms with Crippen LogP contribution in [0.3, 0.4) is 0 Å². The topological polar surface area (TPSA) is 90.3 Å². The van der Waals surface area contributed by atoms with E-state index in [1.807, 2.05) is 41.1 Å². The molecule has 1 N–H and O–H groups in total. The Bertz CT molecular complexity index is 1070. The van der Waals surface area contributed by atoms with E-state index < -0.39 is 10.0 Å². The third-order valence-electron chi connectivity index (χ3n) is 3.96. The van der Waals surface area contributed by atoms with Gasteiger partial charge in [-0.3, -0.25) is 9.36 Å². The fourth-order valence-electron chi connectivity index (χ4n) is 2.56. The number of nitrogens with one attached hydrogen (secondary N) is 1. The van der Waals surface area contributed by atoms with Crippen molar-refractivity contribution in [3.63, 3.8) is 0 Å². The molecule has 0 fully saturated rings. The van der Waals surface area contributed by atoms with Gasteiger partial charge in [0, 0.05) is 29.5 Å². The highest BCUT2D eigenvalue weighted by Crippen LogP contribution is 2.25. The van der Waals surface area contributed by atoms with E-state index in [-0.39, 0.29) is 11.5 Å². The highest BCUT2D eigenvalue weighted by atomic mass is 32.2. The molecule has 0 aliphatic heterocycles. The van der Waals surface area contributed by atoms with E-state index >= 15 is 0 Å². The molecule has 3 aromatic rings. The number of ether oxygens (including phenoxy) is 1. The second-order valence-corrected chi connectivity index (χ2v) is 10.1. The van der Waals surface area contributed by atoms with Crippen LogP contribution in [-0.2, 0) is 16.4 Å². The van der Waals surface area contributed by atoms with Crippen LogP contribution in [0.1, 0.15) is 14.5 Å². The predicted molar refractivity (Wildman–Crippen MR) is 116 cm³/mol. The van der Waals surface area contributed by atoms with Crippen molar-refractivity contribution >= 4 is 38.9 Å². The number of imidazole rings is 1. The Morgan fingerprint density at radius 2 is 2.00 bits per heavy atom. The molecule has 0 unspecified atom stereocenters. The van der Waals surface area contributed by atoms with Crippen LogP contribution in [0.15, 0.2) is 53.9 Å². The summed E-state index contributed by atoms with van der Waals surface area (Å²) < 4.78 is 31.8. The van der Waals surface area contributed by atoms with Gasteiger partial charge in [-0.05, 0) is 42.8 Å². The zero-order valence-corrected chi connectivity index (χ0v) is 18.4. The van der Waals surface area contributed by atoms with Crippen molar-refractivity contribution in [2.75, 3.05) is 25.7 Å². The number of sulfonamides is 1. The Labute approximate surface area is 178 Å². The molecule has 0 radical (unpaired) electrons. The minimum absolute atomic E-state index is 0.0200. The Morgan fingerprint density at radius 3 is 2.69 bits per heavy atom. The Balaban J connectivity index is 1.58. The highest BCUT2D eigenvalue weighted by molar-refractivity contribution is 7.99. The molecule has 154 valence electrons. The predicted octanol–water partition coefficient (Wildman–Crippen LogP) is 3.01. The number of hydrogen-bond acceptors (Lipinski definition) is 7. The monoisotopic (exact) mass is 451 g/mol. The van der Waals surface area contributed by atoms with Gasteiger partial charge in [0.05, 0.1) is 24.0 Å². The number of ketones is 1. The van der Waals surface area contributed by atoms with Crippen LogP contribution in [0.2, 0.25) is 0 Å². The first-order chi connectivity index (χ1) is 13.9. The molecule has 0 saturated heterocycles. The van der Waals surface area contributed by atoms with Gasteiger partial charge in [-0.1, -0.05) is 11.8 Å². The van der Waals surface area contributed by atoms with Crippen molar-refractivity contribution in [2.45, 2.75) is 11.6 Å². The molecule has 0 aliphatic carbocycles. The minimum Gasteiger partial charge on any atom is -0.497 e. The van der Waals surface area contributed by atoms with Gasteiger partial charge in [-0.2, -0.15) is 0 Å². The smallest absolute Gasteiger partial charge is 0.208 e. The van der Waals surface area contributed by atoms with Gasteiger partial charge in [0.1, 0.15) is 5.75 Å². The number of carbonyl (C=O) groups is 1. The number of thiophene rings is 1. The van der Waals surface area contributed by atoms with Gasteiger partial charge in [-0.25, -0.2) is 18.1 Å². The fourth-order valence-corrected chi connectivity index (χ4v) is 4.92. The quantitative estimate of drug-likeness (QED) is 0.376. The third kappa shape index (κ3) is 6.17. The Morgan fingerprint density at radius 1 is 1.24 bits per heavy atom. The minimum atomic E-state index is -3.20. The molecule has 0 atom stereocenters. The van der Waals surface area contributed by atoms with Gasteiger partial charge < -0.3 is 4.74 Å². The van der Waals surface area contributed by atoms with E-state index in [1.165, 1.54) is 23.1 Å². The number of Topliss-reactive ketones (excluding diaryl/α,β-unsaturated/α-hetero) is 1.